The first-order valence-electron chi connectivity index (χ1n) is 11.3. The summed E-state index contributed by atoms with van der Waals surface area (Å²) in [4.78, 5) is 3.53. The molecule has 0 aliphatic heterocycles. The van der Waals surface area contributed by atoms with Gasteiger partial charge in [0.1, 0.15) is 0 Å². The Balaban J connectivity index is 1.41. The summed E-state index contributed by atoms with van der Waals surface area (Å²) in [5, 5.41) is 8.98. The summed E-state index contributed by atoms with van der Waals surface area (Å²) in [7, 11) is 0. The summed E-state index contributed by atoms with van der Waals surface area (Å²) in [5.74, 6) is 0. The molecule has 1 heterocycles. The van der Waals surface area contributed by atoms with Crippen LogP contribution in [0.3, 0.4) is 0 Å². The van der Waals surface area contributed by atoms with Crippen LogP contribution in [0.15, 0.2) is 138 Å². The molecule has 0 radical (unpaired) electrons. The molecule has 0 unspecified atom stereocenters. The molecule has 0 bridgehead atoms. The van der Waals surface area contributed by atoms with E-state index in [9.17, 15) is 0 Å². The predicted molar refractivity (Wildman–Crippen MR) is 146 cm³/mol. The third-order valence-corrected chi connectivity index (χ3v) is 6.33. The lowest BCUT2D eigenvalue weighted by Crippen LogP contribution is -2.15. The lowest BCUT2D eigenvalue weighted by Gasteiger charge is -2.25. The van der Waals surface area contributed by atoms with E-state index in [1.165, 1.54) is 4.88 Å². The van der Waals surface area contributed by atoms with Crippen LogP contribution in [0.5, 0.6) is 0 Å². The van der Waals surface area contributed by atoms with E-state index in [2.05, 4.69) is 107 Å². The lowest BCUT2D eigenvalue weighted by molar-refractivity contribution is 0.871. The Hall–Kier alpha value is -4.15. The van der Waals surface area contributed by atoms with Gasteiger partial charge in [0.15, 0.2) is 0 Å². The van der Waals surface area contributed by atoms with Gasteiger partial charge in [0.2, 0.25) is 0 Å². The first-order chi connectivity index (χ1) is 16.9. The summed E-state index contributed by atoms with van der Waals surface area (Å²) in [6.45, 7) is 0.742. The molecule has 0 aliphatic carbocycles. The van der Waals surface area contributed by atoms with Crippen LogP contribution in [0, 0.1) is 0 Å². The van der Waals surface area contributed by atoms with E-state index in [0.29, 0.717) is 0 Å². The smallest absolute Gasteiger partial charge is 0.0759 e. The molecule has 4 aromatic carbocycles. The van der Waals surface area contributed by atoms with Crippen molar-refractivity contribution in [3.05, 3.63) is 143 Å². The zero-order valence-corrected chi connectivity index (χ0v) is 19.6. The normalized spacial score (nSPS) is 10.9. The van der Waals surface area contributed by atoms with Gasteiger partial charge in [-0.25, -0.2) is 0 Å². The van der Waals surface area contributed by atoms with E-state index >= 15 is 0 Å². The second kappa shape index (κ2) is 10.6. The largest absolute Gasteiger partial charge is 0.311 e. The predicted octanol–water partition coefficient (Wildman–Crippen LogP) is 8.26. The van der Waals surface area contributed by atoms with Crippen molar-refractivity contribution >= 4 is 40.3 Å². The van der Waals surface area contributed by atoms with Crippen molar-refractivity contribution in [2.45, 2.75) is 6.54 Å². The fraction of sp³-hybridized carbons (Fsp3) is 0.0333. The summed E-state index contributed by atoms with van der Waals surface area (Å²) in [6.07, 6.45) is 1.93. The minimum atomic E-state index is 0.742. The van der Waals surface area contributed by atoms with Crippen molar-refractivity contribution < 1.29 is 0 Å². The number of benzene rings is 4. The van der Waals surface area contributed by atoms with Crippen LogP contribution >= 0.6 is 11.3 Å². The third-order valence-electron chi connectivity index (χ3n) is 5.47. The summed E-state index contributed by atoms with van der Waals surface area (Å²) >= 11 is 1.75. The van der Waals surface area contributed by atoms with Gasteiger partial charge in [0.05, 0.1) is 18.4 Å². The average Bonchev–Trinajstić information content (AvgIpc) is 3.43. The highest BCUT2D eigenvalue weighted by atomic mass is 32.1. The Morgan fingerprint density at radius 2 is 1.09 bits per heavy atom. The first kappa shape index (κ1) is 21.7. The number of anilines is 4. The molecule has 0 aliphatic rings. The molecule has 3 nitrogen and oxygen atoms in total. The summed E-state index contributed by atoms with van der Waals surface area (Å²) < 4.78 is 0. The van der Waals surface area contributed by atoms with Gasteiger partial charge in [0.25, 0.3) is 0 Å². The van der Waals surface area contributed by atoms with E-state index in [0.717, 1.165) is 34.9 Å². The Labute approximate surface area is 204 Å². The third kappa shape index (κ3) is 5.25. The summed E-state index contributed by atoms with van der Waals surface area (Å²) in [6, 6.07) is 43.9. The SMILES string of the molecule is C(=N\N(Cc1cccs1)c1ccccc1)/c1ccc(N(c2ccccc2)c2ccccc2)cc1. The molecule has 5 rings (SSSR count). The van der Waals surface area contributed by atoms with Gasteiger partial charge < -0.3 is 4.90 Å². The number of thiophene rings is 1. The molecule has 0 fully saturated rings. The van der Waals surface area contributed by atoms with Crippen molar-refractivity contribution in [2.75, 3.05) is 9.91 Å². The zero-order chi connectivity index (χ0) is 23.0. The molecule has 166 valence electrons. The van der Waals surface area contributed by atoms with Crippen LogP contribution in [0.1, 0.15) is 10.4 Å². The highest BCUT2D eigenvalue weighted by molar-refractivity contribution is 7.09. The molecule has 0 amide bonds. The second-order valence-corrected chi connectivity index (χ2v) is 8.85. The number of hydrogen-bond donors (Lipinski definition) is 0. The maximum absolute atomic E-state index is 4.83. The Bertz CT molecular complexity index is 1260. The molecule has 0 saturated carbocycles. The van der Waals surface area contributed by atoms with Crippen molar-refractivity contribution in [3.8, 4) is 0 Å². The monoisotopic (exact) mass is 459 g/mol. The van der Waals surface area contributed by atoms with E-state index in [1.54, 1.807) is 11.3 Å². The molecule has 0 saturated heterocycles. The molecular formula is C30H25N3S. The quantitative estimate of drug-likeness (QED) is 0.172. The molecule has 34 heavy (non-hydrogen) atoms. The number of rotatable bonds is 8. The molecule has 0 spiro atoms. The molecule has 0 atom stereocenters. The van der Waals surface area contributed by atoms with Crippen LogP contribution in [0.4, 0.5) is 22.7 Å². The van der Waals surface area contributed by atoms with E-state index in [1.807, 2.05) is 41.6 Å². The van der Waals surface area contributed by atoms with Crippen LogP contribution in [-0.4, -0.2) is 6.21 Å². The number of para-hydroxylation sites is 3. The number of hydrogen-bond acceptors (Lipinski definition) is 4. The van der Waals surface area contributed by atoms with Gasteiger partial charge in [-0.2, -0.15) is 5.10 Å². The van der Waals surface area contributed by atoms with Gasteiger partial charge in [-0.15, -0.1) is 11.3 Å². The molecule has 0 N–H and O–H groups in total. The average molecular weight is 460 g/mol. The van der Waals surface area contributed by atoms with E-state index < -0.39 is 0 Å². The standard InChI is InChI=1S/C30H25N3S/c1-4-11-26(12-5-1)32(24-30-17-10-22-34-30)31-23-25-18-20-29(21-19-25)33(27-13-6-2-7-14-27)28-15-8-3-9-16-28/h1-23H,24H2/b31-23+. The Morgan fingerprint density at radius 3 is 1.62 bits per heavy atom. The van der Waals surface area contributed by atoms with Crippen molar-refractivity contribution in [2.24, 2.45) is 5.10 Å². The zero-order valence-electron chi connectivity index (χ0n) is 18.7. The Kier molecular flexibility index (Phi) is 6.79. The van der Waals surface area contributed by atoms with Gasteiger partial charge in [0, 0.05) is 21.9 Å². The van der Waals surface area contributed by atoms with Gasteiger partial charge in [-0.05, 0) is 65.5 Å². The van der Waals surface area contributed by atoms with Gasteiger partial charge in [-0.1, -0.05) is 72.8 Å². The van der Waals surface area contributed by atoms with Crippen molar-refractivity contribution in [1.29, 1.82) is 0 Å². The molecular weight excluding hydrogens is 434 g/mol. The first-order valence-corrected chi connectivity index (χ1v) is 12.1. The number of nitrogens with zero attached hydrogens (tertiary/aromatic N) is 3. The van der Waals surface area contributed by atoms with Crippen molar-refractivity contribution in [3.63, 3.8) is 0 Å². The second-order valence-electron chi connectivity index (χ2n) is 7.82. The van der Waals surface area contributed by atoms with Gasteiger partial charge >= 0.3 is 0 Å². The van der Waals surface area contributed by atoms with Crippen LogP contribution in [0.25, 0.3) is 0 Å². The van der Waals surface area contributed by atoms with Gasteiger partial charge in [-0.3, -0.25) is 5.01 Å². The number of hydrazone groups is 1. The fourth-order valence-corrected chi connectivity index (χ4v) is 4.48. The highest BCUT2D eigenvalue weighted by Gasteiger charge is 2.11. The molecule has 5 aromatic rings. The molecule has 4 heteroatoms. The van der Waals surface area contributed by atoms with E-state index in [-0.39, 0.29) is 0 Å². The summed E-state index contributed by atoms with van der Waals surface area (Å²) in [5.41, 5.74) is 5.48. The van der Waals surface area contributed by atoms with Crippen molar-refractivity contribution in [1.82, 2.24) is 0 Å². The van der Waals surface area contributed by atoms with Crippen LogP contribution in [-0.2, 0) is 6.54 Å². The fourth-order valence-electron chi connectivity index (χ4n) is 3.80. The maximum atomic E-state index is 4.83. The van der Waals surface area contributed by atoms with Crippen LogP contribution in [0.2, 0.25) is 0 Å². The maximum Gasteiger partial charge on any atom is 0.0759 e. The minimum Gasteiger partial charge on any atom is -0.311 e. The lowest BCUT2D eigenvalue weighted by atomic mass is 10.1. The minimum absolute atomic E-state index is 0.742. The molecule has 1 aromatic heterocycles. The Morgan fingerprint density at radius 1 is 0.559 bits per heavy atom. The van der Waals surface area contributed by atoms with Crippen LogP contribution < -0.4 is 9.91 Å². The van der Waals surface area contributed by atoms with E-state index in [4.69, 9.17) is 5.10 Å². The topological polar surface area (TPSA) is 18.8 Å². The highest BCUT2D eigenvalue weighted by Crippen LogP contribution is 2.34.